The van der Waals surface area contributed by atoms with Gasteiger partial charge in [0.2, 0.25) is 6.71 Å². The van der Waals surface area contributed by atoms with Crippen molar-refractivity contribution in [2.75, 3.05) is 4.90 Å². The molecule has 0 radical (unpaired) electrons. The fraction of sp³-hybridized carbons (Fsp3) is 0.286. The third-order valence-electron chi connectivity index (χ3n) is 9.75. The molecule has 5 aromatic rings. The van der Waals surface area contributed by atoms with E-state index in [2.05, 4.69) is 170 Å². The lowest BCUT2D eigenvalue weighted by molar-refractivity contribution is 0.590. The van der Waals surface area contributed by atoms with Crippen molar-refractivity contribution in [2.24, 2.45) is 0 Å². The van der Waals surface area contributed by atoms with E-state index in [1.807, 2.05) is 0 Å². The number of fused-ring (bicyclic) bond motifs is 5. The van der Waals surface area contributed by atoms with E-state index in [0.717, 1.165) is 0 Å². The molecule has 0 saturated heterocycles. The van der Waals surface area contributed by atoms with Gasteiger partial charge in [0.05, 0.1) is 0 Å². The predicted molar refractivity (Wildman–Crippen MR) is 193 cm³/mol. The first-order valence-electron chi connectivity index (χ1n) is 16.1. The minimum atomic E-state index is 0.0587. The minimum Gasteiger partial charge on any atom is -0.311 e. The standard InChI is InChI=1S/C42H44BN/c1-40(2,3)29-15-19-32(20-16-29)44-37-22-18-31(42(7,8)9)26-36(37)43-35-25-30(41(4,5)6)17-21-33(35)34-23-28(24-38(44)39(34)43)27-13-11-10-12-14-27/h10-26H,1-9H3. The van der Waals surface area contributed by atoms with Gasteiger partial charge in [0.1, 0.15) is 0 Å². The minimum absolute atomic E-state index is 0.0587. The molecular weight excluding hydrogens is 529 g/mol. The average Bonchev–Trinajstić information content (AvgIpc) is 3.31. The van der Waals surface area contributed by atoms with Crippen molar-refractivity contribution in [2.45, 2.75) is 78.6 Å². The van der Waals surface area contributed by atoms with Crippen molar-refractivity contribution in [3.8, 4) is 22.3 Å². The van der Waals surface area contributed by atoms with Crippen LogP contribution in [0.3, 0.4) is 0 Å². The summed E-state index contributed by atoms with van der Waals surface area (Å²) in [7, 11) is 0. The molecule has 0 N–H and O–H groups in total. The zero-order valence-electron chi connectivity index (χ0n) is 27.8. The van der Waals surface area contributed by atoms with Crippen LogP contribution in [0.25, 0.3) is 22.3 Å². The smallest absolute Gasteiger partial charge is 0.248 e. The highest BCUT2D eigenvalue weighted by atomic mass is 15.2. The molecule has 0 bridgehead atoms. The quantitative estimate of drug-likeness (QED) is 0.186. The van der Waals surface area contributed by atoms with Crippen molar-refractivity contribution in [3.63, 3.8) is 0 Å². The van der Waals surface area contributed by atoms with Gasteiger partial charge in [-0.15, -0.1) is 0 Å². The second kappa shape index (κ2) is 9.73. The van der Waals surface area contributed by atoms with Gasteiger partial charge in [0.15, 0.2) is 0 Å². The molecular formula is C42H44BN. The Kier molecular flexibility index (Phi) is 6.35. The summed E-state index contributed by atoms with van der Waals surface area (Å²) >= 11 is 0. The van der Waals surface area contributed by atoms with Crippen molar-refractivity contribution < 1.29 is 0 Å². The Morgan fingerprint density at radius 2 is 1.02 bits per heavy atom. The summed E-state index contributed by atoms with van der Waals surface area (Å²) in [6, 6.07) is 39.5. The molecule has 44 heavy (non-hydrogen) atoms. The maximum Gasteiger partial charge on any atom is 0.248 e. The zero-order valence-corrected chi connectivity index (χ0v) is 27.8. The lowest BCUT2D eigenvalue weighted by Crippen LogP contribution is -2.55. The van der Waals surface area contributed by atoms with Gasteiger partial charge in [-0.25, -0.2) is 0 Å². The van der Waals surface area contributed by atoms with Gasteiger partial charge in [0, 0.05) is 17.1 Å². The lowest BCUT2D eigenvalue weighted by atomic mass is 9.36. The van der Waals surface area contributed by atoms with E-state index in [4.69, 9.17) is 0 Å². The Balaban J connectivity index is 1.56. The monoisotopic (exact) mass is 573 g/mol. The molecule has 0 saturated carbocycles. The van der Waals surface area contributed by atoms with Crippen molar-refractivity contribution in [1.29, 1.82) is 0 Å². The molecule has 0 aliphatic carbocycles. The van der Waals surface area contributed by atoms with E-state index in [-0.39, 0.29) is 23.0 Å². The van der Waals surface area contributed by atoms with Crippen LogP contribution in [-0.2, 0) is 16.2 Å². The molecule has 220 valence electrons. The highest BCUT2D eigenvalue weighted by Crippen LogP contribution is 2.44. The van der Waals surface area contributed by atoms with Crippen LogP contribution in [0, 0.1) is 0 Å². The molecule has 0 spiro atoms. The number of hydrogen-bond donors (Lipinski definition) is 0. The molecule has 0 unspecified atom stereocenters. The summed E-state index contributed by atoms with van der Waals surface area (Å²) in [5, 5.41) is 0. The Morgan fingerprint density at radius 3 is 1.64 bits per heavy atom. The third kappa shape index (κ3) is 4.62. The number of hydrogen-bond acceptors (Lipinski definition) is 1. The summed E-state index contributed by atoms with van der Waals surface area (Å²) < 4.78 is 0. The van der Waals surface area contributed by atoms with Gasteiger partial charge in [0.25, 0.3) is 0 Å². The lowest BCUT2D eigenvalue weighted by Gasteiger charge is -2.37. The number of benzene rings is 5. The second-order valence-electron chi connectivity index (χ2n) is 16.0. The topological polar surface area (TPSA) is 3.24 Å². The van der Waals surface area contributed by atoms with E-state index in [9.17, 15) is 0 Å². The Hall–Kier alpha value is -4.04. The molecule has 0 amide bonds. The van der Waals surface area contributed by atoms with Crippen LogP contribution in [0.5, 0.6) is 0 Å². The average molecular weight is 574 g/mol. The Labute approximate surface area is 265 Å². The molecule has 0 fully saturated rings. The molecule has 0 aromatic heterocycles. The van der Waals surface area contributed by atoms with Gasteiger partial charge < -0.3 is 4.90 Å². The summed E-state index contributed by atoms with van der Waals surface area (Å²) in [6.07, 6.45) is 0. The maximum atomic E-state index is 2.53. The van der Waals surface area contributed by atoms with E-state index < -0.39 is 0 Å². The molecule has 2 heteroatoms. The number of nitrogens with zero attached hydrogens (tertiary/aromatic N) is 1. The van der Waals surface area contributed by atoms with Crippen molar-refractivity contribution >= 4 is 40.2 Å². The van der Waals surface area contributed by atoms with Crippen molar-refractivity contribution in [1.82, 2.24) is 0 Å². The largest absolute Gasteiger partial charge is 0.311 e. The second-order valence-corrected chi connectivity index (χ2v) is 16.0. The first kappa shape index (κ1) is 28.7. The van der Waals surface area contributed by atoms with Gasteiger partial charge in [-0.3, -0.25) is 0 Å². The van der Waals surface area contributed by atoms with Crippen molar-refractivity contribution in [3.05, 3.63) is 120 Å². The summed E-state index contributed by atoms with van der Waals surface area (Å²) in [5.41, 5.74) is 17.7. The Morgan fingerprint density at radius 1 is 0.455 bits per heavy atom. The van der Waals surface area contributed by atoms with Gasteiger partial charge in [-0.2, -0.15) is 0 Å². The molecule has 7 rings (SSSR count). The molecule has 2 heterocycles. The molecule has 2 aliphatic rings. The van der Waals surface area contributed by atoms with Gasteiger partial charge in [-0.1, -0.05) is 141 Å². The highest BCUT2D eigenvalue weighted by Gasteiger charge is 2.43. The summed E-state index contributed by atoms with van der Waals surface area (Å²) in [5.74, 6) is 0. The van der Waals surface area contributed by atoms with Crippen LogP contribution >= 0.6 is 0 Å². The molecule has 1 nitrogen and oxygen atoms in total. The number of anilines is 3. The van der Waals surface area contributed by atoms with E-state index in [0.29, 0.717) is 0 Å². The number of rotatable bonds is 2. The van der Waals surface area contributed by atoms with Gasteiger partial charge in [-0.05, 0) is 96.4 Å². The third-order valence-corrected chi connectivity index (χ3v) is 9.75. The zero-order chi connectivity index (χ0) is 31.2. The van der Waals surface area contributed by atoms with E-state index >= 15 is 0 Å². The van der Waals surface area contributed by atoms with Crippen LogP contribution in [0.1, 0.15) is 79.0 Å². The molecule has 0 atom stereocenters. The first-order chi connectivity index (χ1) is 20.7. The molecule has 2 aliphatic heterocycles. The molecule has 5 aromatic carbocycles. The summed E-state index contributed by atoms with van der Waals surface area (Å²) in [4.78, 5) is 2.53. The summed E-state index contributed by atoms with van der Waals surface area (Å²) in [6.45, 7) is 21.0. The van der Waals surface area contributed by atoms with E-state index in [1.54, 1.807) is 0 Å². The predicted octanol–water partition coefficient (Wildman–Crippen LogP) is 9.53. The van der Waals surface area contributed by atoms with Gasteiger partial charge >= 0.3 is 0 Å². The SMILES string of the molecule is CC(C)(C)c1ccc(N2c3ccc(C(C)(C)C)cc3B3c4cc(C(C)(C)C)ccc4-c4cc(-c5ccccc5)cc2c43)cc1. The Bertz CT molecular complexity index is 1890. The normalized spacial score (nSPS) is 13.9. The van der Waals surface area contributed by atoms with Crippen LogP contribution in [0.15, 0.2) is 103 Å². The maximum absolute atomic E-state index is 2.53. The fourth-order valence-electron chi connectivity index (χ4n) is 7.11. The van der Waals surface area contributed by atoms with E-state index in [1.165, 1.54) is 72.4 Å². The first-order valence-corrected chi connectivity index (χ1v) is 16.1. The van der Waals surface area contributed by atoms with Crippen LogP contribution < -0.4 is 21.3 Å². The fourth-order valence-corrected chi connectivity index (χ4v) is 7.11. The van der Waals surface area contributed by atoms with Crippen LogP contribution in [0.4, 0.5) is 17.1 Å². The highest BCUT2D eigenvalue weighted by molar-refractivity contribution is 7.01. The van der Waals surface area contributed by atoms with Crippen LogP contribution in [0.2, 0.25) is 0 Å². The van der Waals surface area contributed by atoms with Crippen LogP contribution in [-0.4, -0.2) is 6.71 Å².